The van der Waals surface area contributed by atoms with Crippen LogP contribution in [0.15, 0.2) is 89.4 Å². The molecule has 1 unspecified atom stereocenters. The molecule has 1 fully saturated rings. The number of carboxylic acid groups (broad SMARTS) is 2. The van der Waals surface area contributed by atoms with Crippen LogP contribution in [0.5, 0.6) is 5.75 Å². The summed E-state index contributed by atoms with van der Waals surface area (Å²) in [5.41, 5.74) is 1.84. The molecule has 1 aromatic heterocycles. The van der Waals surface area contributed by atoms with E-state index in [0.29, 0.717) is 44.9 Å². The number of carboxylic acids is 2. The molecule has 2 aromatic carbocycles. The Kier molecular flexibility index (Phi) is 10.6. The molecule has 3 aromatic rings. The quantitative estimate of drug-likeness (QED) is 0.255. The summed E-state index contributed by atoms with van der Waals surface area (Å²) < 4.78 is 5.48. The predicted molar refractivity (Wildman–Crippen MR) is 174 cm³/mol. The maximum Gasteiger partial charge on any atom is 0.334 e. The minimum absolute atomic E-state index is 0.106. The van der Waals surface area contributed by atoms with Gasteiger partial charge in [-0.1, -0.05) is 53.5 Å². The summed E-state index contributed by atoms with van der Waals surface area (Å²) in [5, 5.41) is 24.4. The van der Waals surface area contributed by atoms with Gasteiger partial charge in [0.2, 0.25) is 5.91 Å². The number of aryl methyl sites for hydroxylation is 1. The van der Waals surface area contributed by atoms with Gasteiger partial charge in [-0.15, -0.1) is 0 Å². The largest absolute Gasteiger partial charge is 0.496 e. The van der Waals surface area contributed by atoms with E-state index in [1.165, 1.54) is 12.1 Å². The number of pyridine rings is 1. The number of nitrogens with one attached hydrogen (secondary N) is 1. The molecule has 2 aliphatic heterocycles. The van der Waals surface area contributed by atoms with Crippen molar-refractivity contribution in [3.8, 4) is 5.75 Å². The van der Waals surface area contributed by atoms with E-state index in [-0.39, 0.29) is 56.9 Å². The number of carbonyl (C=O) groups is 3. The van der Waals surface area contributed by atoms with Gasteiger partial charge < -0.3 is 25.2 Å². The molecule has 0 saturated carbocycles. The Labute approximate surface area is 276 Å². The van der Waals surface area contributed by atoms with Crippen molar-refractivity contribution in [2.24, 2.45) is 0 Å². The van der Waals surface area contributed by atoms with Crippen LogP contribution in [0.1, 0.15) is 35.6 Å². The lowest BCUT2D eigenvalue weighted by Crippen LogP contribution is -2.48. The number of piperazine rings is 1. The maximum atomic E-state index is 13.7. The molecule has 46 heavy (non-hydrogen) atoms. The zero-order valence-corrected chi connectivity index (χ0v) is 26.7. The van der Waals surface area contributed by atoms with Gasteiger partial charge in [-0.25, -0.2) is 9.59 Å². The number of nitrogens with zero attached hydrogens (tertiary/aromatic N) is 3. The monoisotopic (exact) mass is 664 g/mol. The second-order valence-corrected chi connectivity index (χ2v) is 11.9. The molecule has 0 bridgehead atoms. The number of hydrogen-bond acceptors (Lipinski definition) is 7. The SMILES string of the molecule is COc1ccccc1CCC1=C(C(=O)O)C(c2c(Cl)cccc2Cl)C(C(=O)O)=C(CC(=O)N2CCN(Cc3ccccn3)CC2)N1. The van der Waals surface area contributed by atoms with Crippen molar-refractivity contribution < 1.29 is 29.3 Å². The summed E-state index contributed by atoms with van der Waals surface area (Å²) in [6, 6.07) is 17.8. The first-order chi connectivity index (χ1) is 22.2. The Hall–Kier alpha value is -4.38. The fraction of sp³-hybridized carbons (Fsp3) is 0.294. The molecule has 3 N–H and O–H groups in total. The highest BCUT2D eigenvalue weighted by Gasteiger charge is 2.41. The molecule has 2 aliphatic rings. The third-order valence-corrected chi connectivity index (χ3v) is 8.94. The highest BCUT2D eigenvalue weighted by Crippen LogP contribution is 2.45. The van der Waals surface area contributed by atoms with Crippen molar-refractivity contribution in [3.05, 3.63) is 116 Å². The van der Waals surface area contributed by atoms with Crippen LogP contribution in [0.2, 0.25) is 10.0 Å². The number of dihydropyridines is 1. The van der Waals surface area contributed by atoms with E-state index in [4.69, 9.17) is 27.9 Å². The molecule has 1 atom stereocenters. The lowest BCUT2D eigenvalue weighted by Gasteiger charge is -2.36. The molecule has 12 heteroatoms. The third kappa shape index (κ3) is 7.36. The zero-order valence-electron chi connectivity index (χ0n) is 25.2. The first-order valence-corrected chi connectivity index (χ1v) is 15.6. The Bertz CT molecular complexity index is 1670. The van der Waals surface area contributed by atoms with Gasteiger partial charge in [0.25, 0.3) is 0 Å². The number of halogens is 2. The van der Waals surface area contributed by atoms with Gasteiger partial charge in [-0.05, 0) is 48.7 Å². The van der Waals surface area contributed by atoms with Crippen LogP contribution in [0, 0.1) is 0 Å². The van der Waals surface area contributed by atoms with E-state index in [0.717, 1.165) is 11.3 Å². The van der Waals surface area contributed by atoms with Crippen molar-refractivity contribution >= 4 is 41.0 Å². The van der Waals surface area contributed by atoms with Gasteiger partial charge in [0.1, 0.15) is 5.75 Å². The zero-order chi connectivity index (χ0) is 32.8. The first-order valence-electron chi connectivity index (χ1n) is 14.8. The topological polar surface area (TPSA) is 132 Å². The molecule has 5 rings (SSSR count). The Morgan fingerprint density at radius 3 is 2.15 bits per heavy atom. The molecule has 240 valence electrons. The van der Waals surface area contributed by atoms with Crippen LogP contribution in [0.3, 0.4) is 0 Å². The number of para-hydroxylation sites is 1. The molecule has 3 heterocycles. The van der Waals surface area contributed by atoms with E-state index in [9.17, 15) is 24.6 Å². The van der Waals surface area contributed by atoms with Gasteiger partial charge in [-0.2, -0.15) is 0 Å². The minimum Gasteiger partial charge on any atom is -0.496 e. The number of hydrogen-bond donors (Lipinski definition) is 3. The van der Waals surface area contributed by atoms with Gasteiger partial charge >= 0.3 is 11.9 Å². The second-order valence-electron chi connectivity index (χ2n) is 11.1. The molecule has 0 spiro atoms. The van der Waals surface area contributed by atoms with Crippen molar-refractivity contribution in [3.63, 3.8) is 0 Å². The lowest BCUT2D eigenvalue weighted by atomic mass is 9.78. The van der Waals surface area contributed by atoms with Crippen molar-refractivity contribution in [1.82, 2.24) is 20.1 Å². The van der Waals surface area contributed by atoms with E-state index in [1.807, 2.05) is 42.5 Å². The number of carbonyl (C=O) groups excluding carboxylic acids is 1. The first kappa shape index (κ1) is 33.0. The number of aromatic nitrogens is 1. The summed E-state index contributed by atoms with van der Waals surface area (Å²) in [7, 11) is 1.55. The number of aliphatic carboxylic acids is 2. The summed E-state index contributed by atoms with van der Waals surface area (Å²) in [6.07, 6.45) is 2.05. The fourth-order valence-corrected chi connectivity index (χ4v) is 6.65. The van der Waals surface area contributed by atoms with Crippen molar-refractivity contribution in [2.75, 3.05) is 33.3 Å². The summed E-state index contributed by atoms with van der Waals surface area (Å²) in [5.74, 6) is -3.66. The number of benzene rings is 2. The van der Waals surface area contributed by atoms with E-state index >= 15 is 0 Å². The average Bonchev–Trinajstić information content (AvgIpc) is 3.04. The smallest absolute Gasteiger partial charge is 0.334 e. The van der Waals surface area contributed by atoms with Crippen LogP contribution >= 0.6 is 23.2 Å². The van der Waals surface area contributed by atoms with Crippen LogP contribution in [0.25, 0.3) is 0 Å². The van der Waals surface area contributed by atoms with Gasteiger partial charge in [-0.3, -0.25) is 14.7 Å². The molecule has 0 aliphatic carbocycles. The van der Waals surface area contributed by atoms with E-state index in [2.05, 4.69) is 15.2 Å². The molecule has 1 amide bonds. The van der Waals surface area contributed by atoms with Gasteiger partial charge in [0.15, 0.2) is 0 Å². The standard InChI is InChI=1S/C34H34Cl2N4O6/c1-46-27-11-3-2-7-21(27)12-13-25-30(33(42)43)32(29-23(35)9-6-10-24(29)36)31(34(44)45)26(38-25)19-28(41)40-17-15-39(16-18-40)20-22-8-4-5-14-37-22/h2-11,14,32,38H,12-13,15-20H2,1H3,(H,42,43)(H,44,45). The number of methoxy groups -OCH3 is 1. The predicted octanol–water partition coefficient (Wildman–Crippen LogP) is 5.13. The highest BCUT2D eigenvalue weighted by molar-refractivity contribution is 6.36. The third-order valence-electron chi connectivity index (χ3n) is 8.28. The molecular formula is C34H34Cl2N4O6. The number of amides is 1. The van der Waals surface area contributed by atoms with Crippen molar-refractivity contribution in [1.29, 1.82) is 0 Å². The molecule has 0 radical (unpaired) electrons. The highest BCUT2D eigenvalue weighted by atomic mass is 35.5. The molecule has 1 saturated heterocycles. The maximum absolute atomic E-state index is 13.7. The number of allylic oxidation sites excluding steroid dienone is 1. The number of ether oxygens (including phenoxy) is 1. The van der Waals surface area contributed by atoms with Gasteiger partial charge in [0, 0.05) is 65.9 Å². The summed E-state index contributed by atoms with van der Waals surface area (Å²) in [4.78, 5) is 47.8. The fourth-order valence-electron chi connectivity index (χ4n) is 6.03. The van der Waals surface area contributed by atoms with Crippen molar-refractivity contribution in [2.45, 2.75) is 31.7 Å². The molecular weight excluding hydrogens is 631 g/mol. The van der Waals surface area contributed by atoms with E-state index in [1.54, 1.807) is 24.3 Å². The Morgan fingerprint density at radius 1 is 0.870 bits per heavy atom. The van der Waals surface area contributed by atoms with Crippen LogP contribution < -0.4 is 10.1 Å². The minimum atomic E-state index is -1.38. The number of rotatable bonds is 11. The van der Waals surface area contributed by atoms with Crippen LogP contribution in [-0.4, -0.2) is 76.1 Å². The average molecular weight is 666 g/mol. The van der Waals surface area contributed by atoms with Crippen LogP contribution in [0.4, 0.5) is 0 Å². The van der Waals surface area contributed by atoms with Crippen LogP contribution in [-0.2, 0) is 27.3 Å². The van der Waals surface area contributed by atoms with Gasteiger partial charge in [0.05, 0.1) is 36.3 Å². The summed E-state index contributed by atoms with van der Waals surface area (Å²) >= 11 is 13.1. The lowest BCUT2D eigenvalue weighted by molar-refractivity contribution is -0.133. The van der Waals surface area contributed by atoms with E-state index < -0.39 is 17.9 Å². The normalized spacial score (nSPS) is 17.1. The Morgan fingerprint density at radius 2 is 1.52 bits per heavy atom. The second kappa shape index (κ2) is 14.8. The Balaban J connectivity index is 1.47. The molecule has 10 nitrogen and oxygen atoms in total. The summed E-state index contributed by atoms with van der Waals surface area (Å²) in [6.45, 7) is 2.84.